The van der Waals surface area contributed by atoms with E-state index in [9.17, 15) is 4.79 Å². The summed E-state index contributed by atoms with van der Waals surface area (Å²) in [4.78, 5) is 16.8. The van der Waals surface area contributed by atoms with Crippen molar-refractivity contribution in [3.8, 4) is 10.4 Å². The van der Waals surface area contributed by atoms with Gasteiger partial charge in [0.2, 0.25) is 0 Å². The van der Waals surface area contributed by atoms with Crippen LogP contribution in [0.15, 0.2) is 22.7 Å². The highest BCUT2D eigenvalue weighted by Crippen LogP contribution is 2.26. The Balaban J connectivity index is 2.74. The molecule has 2 rings (SSSR count). The minimum atomic E-state index is 0.0702. The van der Waals surface area contributed by atoms with Gasteiger partial charge < -0.3 is 4.57 Å². The van der Waals surface area contributed by atoms with Crippen LogP contribution < -0.4 is 5.56 Å². The van der Waals surface area contributed by atoms with Gasteiger partial charge in [-0.1, -0.05) is 0 Å². The summed E-state index contributed by atoms with van der Waals surface area (Å²) in [5.74, 6) is 0. The number of hydrogen-bond donors (Lipinski definition) is 0. The number of thiazole rings is 1. The number of aryl methyl sites for hydroxylation is 1. The summed E-state index contributed by atoms with van der Waals surface area (Å²) in [6.07, 6.45) is 3.70. The third kappa shape index (κ3) is 1.61. The van der Waals surface area contributed by atoms with Gasteiger partial charge in [0.05, 0.1) is 10.4 Å². The molecule has 0 aromatic carbocycles. The van der Waals surface area contributed by atoms with Gasteiger partial charge in [0.15, 0.2) is 0 Å². The molecule has 0 radical (unpaired) electrons. The van der Waals surface area contributed by atoms with Crippen LogP contribution in [0.2, 0.25) is 0 Å². The summed E-state index contributed by atoms with van der Waals surface area (Å²) in [5.41, 5.74) is 4.82. The zero-order chi connectivity index (χ0) is 11.0. The molecule has 0 amide bonds. The number of hydrogen-bond acceptors (Lipinski definition) is 3. The van der Waals surface area contributed by atoms with Crippen molar-refractivity contribution in [3.05, 3.63) is 39.4 Å². The molecular weight excluding hydrogens is 208 g/mol. The van der Waals surface area contributed by atoms with Crippen LogP contribution in [0.1, 0.15) is 11.1 Å². The van der Waals surface area contributed by atoms with Gasteiger partial charge in [0.25, 0.3) is 5.56 Å². The zero-order valence-electron chi connectivity index (χ0n) is 8.94. The van der Waals surface area contributed by atoms with Crippen molar-refractivity contribution in [2.24, 2.45) is 7.05 Å². The van der Waals surface area contributed by atoms with Crippen LogP contribution in [-0.2, 0) is 7.05 Å². The molecule has 0 saturated carbocycles. The average Bonchev–Trinajstić information content (AvgIpc) is 2.73. The Bertz CT molecular complexity index is 540. The second kappa shape index (κ2) is 3.62. The lowest BCUT2D eigenvalue weighted by Gasteiger charge is -2.08. The lowest BCUT2D eigenvalue weighted by Crippen LogP contribution is -2.20. The second-order valence-corrected chi connectivity index (χ2v) is 4.46. The average molecular weight is 220 g/mol. The number of rotatable bonds is 1. The van der Waals surface area contributed by atoms with Crippen molar-refractivity contribution in [1.82, 2.24) is 9.55 Å². The molecular formula is C11H12N2OS. The highest BCUT2D eigenvalue weighted by molar-refractivity contribution is 7.13. The SMILES string of the molecule is Cc1c(-c2cncs2)cn(C)c(=O)c1C. The molecule has 3 nitrogen and oxygen atoms in total. The number of aromatic nitrogens is 2. The minimum absolute atomic E-state index is 0.0702. The van der Waals surface area contributed by atoms with Gasteiger partial charge in [0, 0.05) is 30.6 Å². The third-order valence-electron chi connectivity index (χ3n) is 2.63. The summed E-state index contributed by atoms with van der Waals surface area (Å²) in [6, 6.07) is 0. The van der Waals surface area contributed by atoms with Crippen molar-refractivity contribution in [2.75, 3.05) is 0 Å². The van der Waals surface area contributed by atoms with Crippen LogP contribution in [0.5, 0.6) is 0 Å². The van der Waals surface area contributed by atoms with Crippen molar-refractivity contribution in [3.63, 3.8) is 0 Å². The number of nitrogens with zero attached hydrogens (tertiary/aromatic N) is 2. The van der Waals surface area contributed by atoms with E-state index in [1.54, 1.807) is 28.5 Å². The Hall–Kier alpha value is -1.42. The van der Waals surface area contributed by atoms with Crippen LogP contribution in [0.3, 0.4) is 0 Å². The molecule has 0 atom stereocenters. The van der Waals surface area contributed by atoms with E-state index < -0.39 is 0 Å². The molecule has 0 bridgehead atoms. The van der Waals surface area contributed by atoms with E-state index in [4.69, 9.17) is 0 Å². The molecule has 2 aromatic rings. The van der Waals surface area contributed by atoms with Gasteiger partial charge in [-0.05, 0) is 19.4 Å². The largest absolute Gasteiger partial charge is 0.318 e. The fourth-order valence-corrected chi connectivity index (χ4v) is 2.26. The molecule has 0 saturated heterocycles. The van der Waals surface area contributed by atoms with E-state index in [1.165, 1.54) is 0 Å². The molecule has 15 heavy (non-hydrogen) atoms. The first kappa shape index (κ1) is 10.1. The first-order valence-corrected chi connectivity index (χ1v) is 5.55. The molecule has 4 heteroatoms. The quantitative estimate of drug-likeness (QED) is 0.738. The molecule has 0 N–H and O–H groups in total. The minimum Gasteiger partial charge on any atom is -0.318 e. The Morgan fingerprint density at radius 1 is 1.33 bits per heavy atom. The summed E-state index contributed by atoms with van der Waals surface area (Å²) in [6.45, 7) is 3.84. The van der Waals surface area contributed by atoms with Gasteiger partial charge in [-0.2, -0.15) is 0 Å². The van der Waals surface area contributed by atoms with Gasteiger partial charge >= 0.3 is 0 Å². The smallest absolute Gasteiger partial charge is 0.253 e. The standard InChI is InChI=1S/C11H12N2OS/c1-7-8(2)11(14)13(3)5-9(7)10-4-12-6-15-10/h4-6H,1-3H3. The van der Waals surface area contributed by atoms with Crippen LogP contribution in [0, 0.1) is 13.8 Å². The molecule has 2 aromatic heterocycles. The second-order valence-electron chi connectivity index (χ2n) is 3.57. The highest BCUT2D eigenvalue weighted by Gasteiger charge is 2.09. The van der Waals surface area contributed by atoms with Crippen molar-refractivity contribution in [1.29, 1.82) is 0 Å². The normalized spacial score (nSPS) is 10.6. The molecule has 0 spiro atoms. The predicted molar refractivity (Wildman–Crippen MR) is 62.3 cm³/mol. The Morgan fingerprint density at radius 3 is 2.67 bits per heavy atom. The van der Waals surface area contributed by atoms with Crippen molar-refractivity contribution < 1.29 is 0 Å². The summed E-state index contributed by atoms with van der Waals surface area (Å²) in [7, 11) is 1.78. The molecule has 0 aliphatic rings. The van der Waals surface area contributed by atoms with Crippen LogP contribution in [0.25, 0.3) is 10.4 Å². The van der Waals surface area contributed by atoms with Crippen LogP contribution in [0.4, 0.5) is 0 Å². The fourth-order valence-electron chi connectivity index (χ4n) is 1.57. The number of pyridine rings is 1. The molecule has 0 fully saturated rings. The molecule has 0 aliphatic carbocycles. The van der Waals surface area contributed by atoms with E-state index in [0.717, 1.165) is 21.6 Å². The maximum Gasteiger partial charge on any atom is 0.253 e. The van der Waals surface area contributed by atoms with Crippen LogP contribution >= 0.6 is 11.3 Å². The van der Waals surface area contributed by atoms with E-state index >= 15 is 0 Å². The Labute approximate surface area is 92.0 Å². The van der Waals surface area contributed by atoms with Crippen molar-refractivity contribution >= 4 is 11.3 Å². The Morgan fingerprint density at radius 2 is 2.07 bits per heavy atom. The summed E-state index contributed by atoms with van der Waals surface area (Å²) >= 11 is 1.59. The van der Waals surface area contributed by atoms with Crippen LogP contribution in [-0.4, -0.2) is 9.55 Å². The van der Waals surface area contributed by atoms with Gasteiger partial charge in [0.1, 0.15) is 0 Å². The molecule has 0 unspecified atom stereocenters. The summed E-state index contributed by atoms with van der Waals surface area (Å²) in [5, 5.41) is 0. The first-order valence-electron chi connectivity index (χ1n) is 4.67. The topological polar surface area (TPSA) is 34.9 Å². The molecule has 78 valence electrons. The van der Waals surface area contributed by atoms with E-state index in [2.05, 4.69) is 4.98 Å². The third-order valence-corrected chi connectivity index (χ3v) is 3.43. The van der Waals surface area contributed by atoms with Gasteiger partial charge in [-0.3, -0.25) is 9.78 Å². The monoisotopic (exact) mass is 220 g/mol. The summed E-state index contributed by atoms with van der Waals surface area (Å²) < 4.78 is 1.62. The van der Waals surface area contributed by atoms with Crippen molar-refractivity contribution in [2.45, 2.75) is 13.8 Å². The van der Waals surface area contributed by atoms with E-state index in [1.807, 2.05) is 26.2 Å². The highest BCUT2D eigenvalue weighted by atomic mass is 32.1. The Kier molecular flexibility index (Phi) is 2.44. The maximum absolute atomic E-state index is 11.7. The van der Waals surface area contributed by atoms with E-state index in [0.29, 0.717) is 0 Å². The fraction of sp³-hybridized carbons (Fsp3) is 0.273. The zero-order valence-corrected chi connectivity index (χ0v) is 9.76. The first-order chi connectivity index (χ1) is 7.11. The van der Waals surface area contributed by atoms with Gasteiger partial charge in [-0.15, -0.1) is 11.3 Å². The lowest BCUT2D eigenvalue weighted by molar-refractivity contribution is 0.845. The lowest BCUT2D eigenvalue weighted by atomic mass is 10.1. The maximum atomic E-state index is 11.7. The molecule has 2 heterocycles. The molecule has 0 aliphatic heterocycles. The van der Waals surface area contributed by atoms with E-state index in [-0.39, 0.29) is 5.56 Å². The predicted octanol–water partition coefficient (Wildman–Crippen LogP) is 2.13. The van der Waals surface area contributed by atoms with Gasteiger partial charge in [-0.25, -0.2) is 0 Å².